The smallest absolute Gasteiger partial charge is 0.407 e. The lowest BCUT2D eigenvalue weighted by atomic mass is 10.0. The van der Waals surface area contributed by atoms with Crippen LogP contribution in [0.2, 0.25) is 0 Å². The molecule has 0 aliphatic rings. The van der Waals surface area contributed by atoms with E-state index in [1.807, 2.05) is 49.4 Å². The van der Waals surface area contributed by atoms with E-state index in [9.17, 15) is 9.18 Å². The average Bonchev–Trinajstić information content (AvgIpc) is 2.99. The molecule has 0 unspecified atom stereocenters. The third-order valence-electron chi connectivity index (χ3n) is 4.02. The topological polar surface area (TPSA) is 56.1 Å². The monoisotopic (exact) mass is 353 g/mol. The highest BCUT2D eigenvalue weighted by Crippen LogP contribution is 2.23. The molecule has 1 N–H and O–H groups in total. The van der Waals surface area contributed by atoms with Crippen molar-refractivity contribution in [3.63, 3.8) is 0 Å². The van der Waals surface area contributed by atoms with Crippen LogP contribution in [0.1, 0.15) is 24.1 Å². The molecular formula is C20H20FN3O2. The zero-order valence-electron chi connectivity index (χ0n) is 14.6. The SMILES string of the molecule is C[C@H](NC(=O)OCc1ccccc1)c1ccc(-c2nn(C)cc2F)cc1. The van der Waals surface area contributed by atoms with E-state index in [-0.39, 0.29) is 18.5 Å². The number of halogens is 1. The second-order valence-electron chi connectivity index (χ2n) is 6.05. The molecule has 0 aliphatic heterocycles. The summed E-state index contributed by atoms with van der Waals surface area (Å²) in [6.45, 7) is 2.08. The molecule has 0 bridgehead atoms. The third kappa shape index (κ3) is 4.27. The van der Waals surface area contributed by atoms with Crippen molar-refractivity contribution >= 4 is 6.09 Å². The maximum atomic E-state index is 13.8. The number of hydrogen-bond acceptors (Lipinski definition) is 3. The number of rotatable bonds is 5. The first kappa shape index (κ1) is 17.7. The Bertz CT molecular complexity index is 876. The summed E-state index contributed by atoms with van der Waals surface area (Å²) in [5.41, 5.74) is 2.81. The molecule has 2 aromatic carbocycles. The van der Waals surface area contributed by atoms with E-state index in [2.05, 4.69) is 10.4 Å². The Morgan fingerprint density at radius 1 is 1.19 bits per heavy atom. The maximum Gasteiger partial charge on any atom is 0.407 e. The molecule has 1 heterocycles. The summed E-state index contributed by atoms with van der Waals surface area (Å²) in [5, 5.41) is 6.89. The van der Waals surface area contributed by atoms with Gasteiger partial charge in [0.25, 0.3) is 0 Å². The number of aryl methyl sites for hydroxylation is 1. The average molecular weight is 353 g/mol. The number of carbonyl (C=O) groups is 1. The van der Waals surface area contributed by atoms with Crippen LogP contribution < -0.4 is 5.32 Å². The third-order valence-corrected chi connectivity index (χ3v) is 4.02. The number of carbonyl (C=O) groups excluding carboxylic acids is 1. The van der Waals surface area contributed by atoms with Crippen LogP contribution in [0.5, 0.6) is 0 Å². The number of aromatic nitrogens is 2. The van der Waals surface area contributed by atoms with Crippen LogP contribution in [-0.2, 0) is 18.4 Å². The van der Waals surface area contributed by atoms with Gasteiger partial charge < -0.3 is 10.1 Å². The lowest BCUT2D eigenvalue weighted by Gasteiger charge is -2.15. The largest absolute Gasteiger partial charge is 0.445 e. The highest BCUT2D eigenvalue weighted by Gasteiger charge is 2.13. The fraction of sp³-hybridized carbons (Fsp3) is 0.200. The number of nitrogens with zero attached hydrogens (tertiary/aromatic N) is 2. The Morgan fingerprint density at radius 3 is 2.50 bits per heavy atom. The first-order valence-corrected chi connectivity index (χ1v) is 8.29. The van der Waals surface area contributed by atoms with Crippen molar-refractivity contribution in [2.75, 3.05) is 0 Å². The van der Waals surface area contributed by atoms with Gasteiger partial charge in [0, 0.05) is 12.6 Å². The molecule has 0 saturated heterocycles. The minimum absolute atomic E-state index is 0.220. The van der Waals surface area contributed by atoms with Gasteiger partial charge in [-0.2, -0.15) is 5.10 Å². The molecule has 0 fully saturated rings. The highest BCUT2D eigenvalue weighted by molar-refractivity contribution is 5.68. The zero-order valence-corrected chi connectivity index (χ0v) is 14.6. The van der Waals surface area contributed by atoms with Crippen LogP contribution in [0.3, 0.4) is 0 Å². The Hall–Kier alpha value is -3.15. The summed E-state index contributed by atoms with van der Waals surface area (Å²) in [6.07, 6.45) is 0.845. The summed E-state index contributed by atoms with van der Waals surface area (Å²) in [6, 6.07) is 16.5. The molecule has 1 amide bonds. The van der Waals surface area contributed by atoms with Crippen LogP contribution in [-0.4, -0.2) is 15.9 Å². The molecule has 1 aromatic heterocycles. The quantitative estimate of drug-likeness (QED) is 0.747. The van der Waals surface area contributed by atoms with Crippen molar-refractivity contribution < 1.29 is 13.9 Å². The summed E-state index contributed by atoms with van der Waals surface area (Å²) in [4.78, 5) is 11.9. The fourth-order valence-electron chi connectivity index (χ4n) is 2.61. The number of ether oxygens (including phenoxy) is 1. The van der Waals surface area contributed by atoms with Crippen molar-refractivity contribution in [3.05, 3.63) is 77.7 Å². The Kier molecular flexibility index (Phi) is 5.31. The number of alkyl carbamates (subject to hydrolysis) is 1. The van der Waals surface area contributed by atoms with Gasteiger partial charge in [-0.05, 0) is 18.1 Å². The summed E-state index contributed by atoms with van der Waals surface area (Å²) in [7, 11) is 1.67. The molecule has 3 rings (SSSR count). The van der Waals surface area contributed by atoms with E-state index in [0.717, 1.165) is 11.1 Å². The minimum atomic E-state index is -0.485. The molecule has 0 radical (unpaired) electrons. The van der Waals surface area contributed by atoms with E-state index >= 15 is 0 Å². The summed E-state index contributed by atoms with van der Waals surface area (Å²) in [5.74, 6) is -0.365. The van der Waals surface area contributed by atoms with Gasteiger partial charge in [0.05, 0.1) is 12.2 Å². The normalized spacial score (nSPS) is 11.8. The van der Waals surface area contributed by atoms with Crippen molar-refractivity contribution in [2.45, 2.75) is 19.6 Å². The predicted octanol–water partition coefficient (Wildman–Crippen LogP) is 4.21. The maximum absolute atomic E-state index is 13.8. The molecule has 134 valence electrons. The molecule has 0 spiro atoms. The van der Waals surface area contributed by atoms with Crippen LogP contribution in [0.4, 0.5) is 9.18 Å². The van der Waals surface area contributed by atoms with Gasteiger partial charge in [-0.25, -0.2) is 9.18 Å². The van der Waals surface area contributed by atoms with Crippen LogP contribution in [0.25, 0.3) is 11.3 Å². The van der Waals surface area contributed by atoms with Gasteiger partial charge in [0.15, 0.2) is 5.82 Å². The fourth-order valence-corrected chi connectivity index (χ4v) is 2.61. The number of hydrogen-bond donors (Lipinski definition) is 1. The van der Waals surface area contributed by atoms with E-state index in [0.29, 0.717) is 11.3 Å². The van der Waals surface area contributed by atoms with Crippen LogP contribution in [0.15, 0.2) is 60.8 Å². The van der Waals surface area contributed by atoms with Gasteiger partial charge >= 0.3 is 6.09 Å². The van der Waals surface area contributed by atoms with Crippen molar-refractivity contribution in [2.24, 2.45) is 7.05 Å². The zero-order chi connectivity index (χ0) is 18.5. The second-order valence-corrected chi connectivity index (χ2v) is 6.05. The van der Waals surface area contributed by atoms with Crippen molar-refractivity contribution in [1.82, 2.24) is 15.1 Å². The van der Waals surface area contributed by atoms with Gasteiger partial charge in [-0.3, -0.25) is 4.68 Å². The molecule has 26 heavy (non-hydrogen) atoms. The minimum Gasteiger partial charge on any atom is -0.445 e. The Morgan fingerprint density at radius 2 is 1.88 bits per heavy atom. The van der Waals surface area contributed by atoms with Crippen molar-refractivity contribution in [3.8, 4) is 11.3 Å². The van der Waals surface area contributed by atoms with E-state index < -0.39 is 6.09 Å². The summed E-state index contributed by atoms with van der Waals surface area (Å²) < 4.78 is 20.5. The van der Waals surface area contributed by atoms with Crippen molar-refractivity contribution in [1.29, 1.82) is 0 Å². The second kappa shape index (κ2) is 7.82. The molecule has 5 nitrogen and oxygen atoms in total. The lowest BCUT2D eigenvalue weighted by Crippen LogP contribution is -2.27. The first-order valence-electron chi connectivity index (χ1n) is 8.29. The van der Waals surface area contributed by atoms with Gasteiger partial charge in [-0.1, -0.05) is 54.6 Å². The lowest BCUT2D eigenvalue weighted by molar-refractivity contribution is 0.136. The van der Waals surface area contributed by atoms with Gasteiger partial charge in [0.2, 0.25) is 0 Å². The molecule has 0 aliphatic carbocycles. The van der Waals surface area contributed by atoms with Gasteiger partial charge in [-0.15, -0.1) is 0 Å². The molecule has 3 aromatic rings. The van der Waals surface area contributed by atoms with E-state index in [4.69, 9.17) is 4.74 Å². The van der Waals surface area contributed by atoms with E-state index in [1.165, 1.54) is 10.9 Å². The predicted molar refractivity (Wildman–Crippen MR) is 96.8 cm³/mol. The van der Waals surface area contributed by atoms with Crippen LogP contribution >= 0.6 is 0 Å². The van der Waals surface area contributed by atoms with Gasteiger partial charge in [0.1, 0.15) is 12.3 Å². The number of nitrogens with one attached hydrogen (secondary N) is 1. The summed E-state index contributed by atoms with van der Waals surface area (Å²) >= 11 is 0. The molecular weight excluding hydrogens is 333 g/mol. The first-order chi connectivity index (χ1) is 12.5. The number of amides is 1. The standard InChI is InChI=1S/C20H20FN3O2/c1-14(22-20(25)26-13-15-6-4-3-5-7-15)16-8-10-17(11-9-16)19-18(21)12-24(2)23-19/h3-12,14H,13H2,1-2H3,(H,22,25)/t14-/m0/s1. The van der Waals surface area contributed by atoms with Crippen LogP contribution in [0, 0.1) is 5.82 Å². The highest BCUT2D eigenvalue weighted by atomic mass is 19.1. The molecule has 0 saturated carbocycles. The molecule has 1 atom stereocenters. The number of benzene rings is 2. The molecule has 6 heteroatoms. The Labute approximate surface area is 151 Å². The Balaban J connectivity index is 1.58. The van der Waals surface area contributed by atoms with E-state index in [1.54, 1.807) is 19.2 Å².